The summed E-state index contributed by atoms with van der Waals surface area (Å²) in [5.74, 6) is 1.04. The Morgan fingerprint density at radius 2 is 2.12 bits per heavy atom. The van der Waals surface area contributed by atoms with Gasteiger partial charge in [0.25, 0.3) is 0 Å². The predicted octanol–water partition coefficient (Wildman–Crippen LogP) is 3.50. The van der Waals surface area contributed by atoms with Crippen LogP contribution in [-0.4, -0.2) is 12.6 Å². The summed E-state index contributed by atoms with van der Waals surface area (Å²) in [5.41, 5.74) is 3.85. The summed E-state index contributed by atoms with van der Waals surface area (Å²) < 4.78 is 6.95. The maximum atomic E-state index is 5.75. The van der Waals surface area contributed by atoms with Crippen molar-refractivity contribution in [3.8, 4) is 5.75 Å². The standard InChI is InChI=1S/C13H18BrNO/c1-7(2)15-10-6-16-11-5-8(3)13(14)9(4)12(10)11/h5,7,10,15H,6H2,1-4H3. The highest BCUT2D eigenvalue weighted by Crippen LogP contribution is 2.40. The van der Waals surface area contributed by atoms with Gasteiger partial charge >= 0.3 is 0 Å². The first-order valence-electron chi connectivity index (χ1n) is 5.69. The second-order valence-corrected chi connectivity index (χ2v) is 5.52. The fourth-order valence-electron chi connectivity index (χ4n) is 2.28. The maximum Gasteiger partial charge on any atom is 0.124 e. The van der Waals surface area contributed by atoms with Crippen molar-refractivity contribution in [2.24, 2.45) is 0 Å². The molecule has 1 aliphatic heterocycles. The Labute approximate surface area is 106 Å². The molecule has 1 aromatic carbocycles. The van der Waals surface area contributed by atoms with Gasteiger partial charge in [-0.05, 0) is 31.0 Å². The molecule has 0 spiro atoms. The number of rotatable bonds is 2. The van der Waals surface area contributed by atoms with E-state index in [1.54, 1.807) is 0 Å². The molecule has 0 saturated heterocycles. The molecule has 16 heavy (non-hydrogen) atoms. The zero-order valence-corrected chi connectivity index (χ0v) is 11.8. The molecule has 1 aromatic rings. The van der Waals surface area contributed by atoms with E-state index in [9.17, 15) is 0 Å². The van der Waals surface area contributed by atoms with Crippen molar-refractivity contribution in [2.75, 3.05) is 6.61 Å². The summed E-state index contributed by atoms with van der Waals surface area (Å²) in [4.78, 5) is 0. The Morgan fingerprint density at radius 1 is 1.44 bits per heavy atom. The van der Waals surface area contributed by atoms with Crippen molar-refractivity contribution in [3.05, 3.63) is 27.2 Å². The molecule has 1 aliphatic rings. The Balaban J connectivity index is 2.42. The van der Waals surface area contributed by atoms with E-state index in [1.807, 2.05) is 0 Å². The van der Waals surface area contributed by atoms with Crippen molar-refractivity contribution in [1.29, 1.82) is 0 Å². The minimum Gasteiger partial charge on any atom is -0.491 e. The lowest BCUT2D eigenvalue weighted by Crippen LogP contribution is -2.29. The molecule has 1 unspecified atom stereocenters. The molecular formula is C13H18BrNO. The van der Waals surface area contributed by atoms with Gasteiger partial charge in [0.15, 0.2) is 0 Å². The van der Waals surface area contributed by atoms with E-state index in [-0.39, 0.29) is 0 Å². The quantitative estimate of drug-likeness (QED) is 0.897. The zero-order chi connectivity index (χ0) is 11.9. The first-order valence-corrected chi connectivity index (χ1v) is 6.48. The number of benzene rings is 1. The largest absolute Gasteiger partial charge is 0.491 e. The summed E-state index contributed by atoms with van der Waals surface area (Å²) in [7, 11) is 0. The van der Waals surface area contributed by atoms with Crippen LogP contribution in [0.3, 0.4) is 0 Å². The van der Waals surface area contributed by atoms with Crippen molar-refractivity contribution in [1.82, 2.24) is 5.32 Å². The van der Waals surface area contributed by atoms with Crippen molar-refractivity contribution in [3.63, 3.8) is 0 Å². The SMILES string of the molecule is Cc1cc2c(c(C)c1Br)C(NC(C)C)CO2. The van der Waals surface area contributed by atoms with Crippen LogP contribution in [0, 0.1) is 13.8 Å². The number of fused-ring (bicyclic) bond motifs is 1. The second-order valence-electron chi connectivity index (χ2n) is 4.73. The van der Waals surface area contributed by atoms with E-state index >= 15 is 0 Å². The van der Waals surface area contributed by atoms with Crippen LogP contribution in [0.25, 0.3) is 0 Å². The van der Waals surface area contributed by atoms with Gasteiger partial charge in [-0.1, -0.05) is 29.8 Å². The fraction of sp³-hybridized carbons (Fsp3) is 0.538. The fourth-order valence-corrected chi connectivity index (χ4v) is 2.61. The lowest BCUT2D eigenvalue weighted by molar-refractivity contribution is 0.303. The van der Waals surface area contributed by atoms with Crippen molar-refractivity contribution >= 4 is 15.9 Å². The summed E-state index contributed by atoms with van der Waals surface area (Å²) in [6.07, 6.45) is 0. The van der Waals surface area contributed by atoms with Gasteiger partial charge in [0, 0.05) is 16.1 Å². The Hall–Kier alpha value is -0.540. The molecule has 2 nitrogen and oxygen atoms in total. The summed E-state index contributed by atoms with van der Waals surface area (Å²) in [5, 5.41) is 3.54. The summed E-state index contributed by atoms with van der Waals surface area (Å²) >= 11 is 3.64. The Morgan fingerprint density at radius 3 is 2.75 bits per heavy atom. The monoisotopic (exact) mass is 283 g/mol. The molecule has 0 bridgehead atoms. The van der Waals surface area contributed by atoms with Gasteiger partial charge in [-0.25, -0.2) is 0 Å². The molecule has 2 rings (SSSR count). The number of ether oxygens (including phenoxy) is 1. The van der Waals surface area contributed by atoms with Crippen LogP contribution < -0.4 is 10.1 Å². The van der Waals surface area contributed by atoms with E-state index in [2.05, 4.69) is 55.0 Å². The van der Waals surface area contributed by atoms with Crippen LogP contribution >= 0.6 is 15.9 Å². The normalized spacial score (nSPS) is 18.8. The Kier molecular flexibility index (Phi) is 3.27. The molecule has 0 aromatic heterocycles. The van der Waals surface area contributed by atoms with Crippen molar-refractivity contribution < 1.29 is 4.74 Å². The number of nitrogens with one attached hydrogen (secondary N) is 1. The highest BCUT2D eigenvalue weighted by atomic mass is 79.9. The van der Waals surface area contributed by atoms with Gasteiger partial charge in [-0.3, -0.25) is 0 Å². The van der Waals surface area contributed by atoms with Crippen LogP contribution in [0.2, 0.25) is 0 Å². The minimum absolute atomic E-state index is 0.326. The van der Waals surface area contributed by atoms with Gasteiger partial charge in [-0.15, -0.1) is 0 Å². The number of hydrogen-bond acceptors (Lipinski definition) is 2. The number of halogens is 1. The van der Waals surface area contributed by atoms with E-state index in [4.69, 9.17) is 4.74 Å². The molecule has 0 saturated carbocycles. The molecule has 1 atom stereocenters. The van der Waals surface area contributed by atoms with Crippen LogP contribution in [0.5, 0.6) is 5.75 Å². The smallest absolute Gasteiger partial charge is 0.124 e. The van der Waals surface area contributed by atoms with Crippen LogP contribution in [-0.2, 0) is 0 Å². The van der Waals surface area contributed by atoms with E-state index in [1.165, 1.54) is 21.2 Å². The molecule has 0 aliphatic carbocycles. The minimum atomic E-state index is 0.326. The van der Waals surface area contributed by atoms with Gasteiger partial charge < -0.3 is 10.1 Å². The topological polar surface area (TPSA) is 21.3 Å². The average Bonchev–Trinajstić information content (AvgIpc) is 2.57. The second kappa shape index (κ2) is 4.38. The predicted molar refractivity (Wildman–Crippen MR) is 70.1 cm³/mol. The third-order valence-electron chi connectivity index (χ3n) is 2.98. The van der Waals surface area contributed by atoms with Gasteiger partial charge in [0.2, 0.25) is 0 Å². The molecule has 0 amide bonds. The highest BCUT2D eigenvalue weighted by Gasteiger charge is 2.27. The van der Waals surface area contributed by atoms with Gasteiger partial charge in [-0.2, -0.15) is 0 Å². The first-order chi connectivity index (χ1) is 7.50. The molecule has 0 fully saturated rings. The number of aryl methyl sites for hydroxylation is 1. The Bertz CT molecular complexity index is 415. The lowest BCUT2D eigenvalue weighted by Gasteiger charge is -2.17. The van der Waals surface area contributed by atoms with E-state index in [0.717, 1.165) is 12.4 Å². The number of hydrogen-bond donors (Lipinski definition) is 1. The van der Waals surface area contributed by atoms with Crippen LogP contribution in [0.1, 0.15) is 36.6 Å². The maximum absolute atomic E-state index is 5.75. The molecule has 1 N–H and O–H groups in total. The average molecular weight is 284 g/mol. The molecule has 1 heterocycles. The molecule has 3 heteroatoms. The third kappa shape index (κ3) is 1.98. The zero-order valence-electron chi connectivity index (χ0n) is 10.2. The third-order valence-corrected chi connectivity index (χ3v) is 4.20. The first kappa shape index (κ1) is 11.9. The van der Waals surface area contributed by atoms with Crippen molar-refractivity contribution in [2.45, 2.75) is 39.8 Å². The van der Waals surface area contributed by atoms with Crippen LogP contribution in [0.15, 0.2) is 10.5 Å². The van der Waals surface area contributed by atoms with Gasteiger partial charge in [0.1, 0.15) is 12.4 Å². The molecular weight excluding hydrogens is 266 g/mol. The molecule has 0 radical (unpaired) electrons. The molecule has 88 valence electrons. The van der Waals surface area contributed by atoms with E-state index < -0.39 is 0 Å². The summed E-state index contributed by atoms with van der Waals surface area (Å²) in [6.45, 7) is 9.32. The van der Waals surface area contributed by atoms with Crippen LogP contribution in [0.4, 0.5) is 0 Å². The lowest BCUT2D eigenvalue weighted by atomic mass is 10.00. The van der Waals surface area contributed by atoms with Gasteiger partial charge in [0.05, 0.1) is 6.04 Å². The highest BCUT2D eigenvalue weighted by molar-refractivity contribution is 9.10. The summed E-state index contributed by atoms with van der Waals surface area (Å²) in [6, 6.07) is 2.92. The van der Waals surface area contributed by atoms with E-state index in [0.29, 0.717) is 12.1 Å².